The Hall–Kier alpha value is -1.14. The van der Waals surface area contributed by atoms with E-state index in [2.05, 4.69) is 5.32 Å². The third-order valence-corrected chi connectivity index (χ3v) is 1.68. The first-order valence-electron chi connectivity index (χ1n) is 4.36. The second kappa shape index (κ2) is 6.33. The molecule has 6 heteroatoms. The predicted molar refractivity (Wildman–Crippen MR) is 49.5 cm³/mol. The molecule has 6 nitrogen and oxygen atoms in total. The highest BCUT2D eigenvalue weighted by molar-refractivity contribution is 5.86. The van der Waals surface area contributed by atoms with Gasteiger partial charge in [0.1, 0.15) is 0 Å². The van der Waals surface area contributed by atoms with Gasteiger partial charge in [0.05, 0.1) is 12.5 Å². The van der Waals surface area contributed by atoms with Gasteiger partial charge >= 0.3 is 5.97 Å². The fourth-order valence-corrected chi connectivity index (χ4v) is 0.897. The number of aliphatic hydroxyl groups excluding tert-OH is 1. The van der Waals surface area contributed by atoms with Crippen molar-refractivity contribution in [2.24, 2.45) is 5.73 Å². The van der Waals surface area contributed by atoms with Gasteiger partial charge in [-0.2, -0.15) is 0 Å². The molecule has 5 N–H and O–H groups in total. The van der Waals surface area contributed by atoms with Crippen LogP contribution in [0.2, 0.25) is 0 Å². The summed E-state index contributed by atoms with van der Waals surface area (Å²) in [6.07, 6.45) is 0.0310. The Bertz CT molecular complexity index is 208. The number of hydrogen-bond acceptors (Lipinski definition) is 4. The Labute approximate surface area is 82.1 Å². The fourth-order valence-electron chi connectivity index (χ4n) is 0.897. The number of carboxylic acid groups (broad SMARTS) is 1. The molecule has 0 fully saturated rings. The summed E-state index contributed by atoms with van der Waals surface area (Å²) in [5, 5.41) is 19.4. The Kier molecular flexibility index (Phi) is 5.82. The summed E-state index contributed by atoms with van der Waals surface area (Å²) in [5.74, 6) is -1.61. The molecule has 0 aromatic carbocycles. The lowest BCUT2D eigenvalue weighted by atomic mass is 10.2. The smallest absolute Gasteiger partial charge is 0.305 e. The van der Waals surface area contributed by atoms with Gasteiger partial charge in [-0.15, -0.1) is 0 Å². The van der Waals surface area contributed by atoms with Crippen LogP contribution in [0.4, 0.5) is 0 Å². The molecule has 0 rings (SSSR count). The number of carbonyl (C=O) groups is 2. The lowest BCUT2D eigenvalue weighted by Gasteiger charge is -2.15. The molecule has 0 bridgehead atoms. The molecule has 14 heavy (non-hydrogen) atoms. The first-order valence-corrected chi connectivity index (χ1v) is 4.36. The Balaban J connectivity index is 3.88. The van der Waals surface area contributed by atoms with E-state index in [9.17, 15) is 9.59 Å². The largest absolute Gasteiger partial charge is 0.481 e. The number of hydrogen-bond donors (Lipinski definition) is 4. The molecule has 0 aromatic heterocycles. The second-order valence-corrected chi connectivity index (χ2v) is 3.13. The monoisotopic (exact) mass is 204 g/mol. The van der Waals surface area contributed by atoms with Crippen molar-refractivity contribution in [3.63, 3.8) is 0 Å². The molecular weight excluding hydrogens is 188 g/mol. The van der Waals surface area contributed by atoms with E-state index >= 15 is 0 Å². The van der Waals surface area contributed by atoms with Crippen LogP contribution in [0.25, 0.3) is 0 Å². The van der Waals surface area contributed by atoms with Gasteiger partial charge in [-0.25, -0.2) is 0 Å². The average molecular weight is 204 g/mol. The lowest BCUT2D eigenvalue weighted by Crippen LogP contribution is -2.45. The highest BCUT2D eigenvalue weighted by Gasteiger charge is 2.18. The first-order chi connectivity index (χ1) is 6.47. The zero-order valence-corrected chi connectivity index (χ0v) is 8.06. The quantitative estimate of drug-likeness (QED) is 0.428. The molecule has 1 amide bonds. The fraction of sp³-hybridized carbons (Fsp3) is 0.750. The van der Waals surface area contributed by atoms with Crippen LogP contribution in [-0.2, 0) is 9.59 Å². The Morgan fingerprint density at radius 3 is 2.50 bits per heavy atom. The summed E-state index contributed by atoms with van der Waals surface area (Å²) in [6, 6.07) is -1.24. The van der Waals surface area contributed by atoms with E-state index in [0.29, 0.717) is 6.42 Å². The van der Waals surface area contributed by atoms with E-state index in [1.165, 1.54) is 0 Å². The van der Waals surface area contributed by atoms with Crippen LogP contribution >= 0.6 is 0 Å². The lowest BCUT2D eigenvalue weighted by molar-refractivity contribution is -0.139. The molecule has 0 aliphatic rings. The second-order valence-electron chi connectivity index (χ2n) is 3.13. The van der Waals surface area contributed by atoms with Crippen molar-refractivity contribution < 1.29 is 19.8 Å². The molecule has 0 saturated carbocycles. The van der Waals surface area contributed by atoms with Crippen LogP contribution < -0.4 is 11.1 Å². The van der Waals surface area contributed by atoms with E-state index in [-0.39, 0.29) is 12.6 Å². The number of carboxylic acids is 1. The van der Waals surface area contributed by atoms with Gasteiger partial charge in [-0.3, -0.25) is 9.59 Å². The van der Waals surface area contributed by atoms with Gasteiger partial charge in [-0.1, -0.05) is 0 Å². The maximum atomic E-state index is 11.2. The van der Waals surface area contributed by atoms with E-state index in [0.717, 1.165) is 0 Å². The molecule has 0 aliphatic carbocycles. The molecule has 0 aliphatic heterocycles. The molecule has 0 aromatic rings. The third-order valence-electron chi connectivity index (χ3n) is 1.68. The molecular formula is C8H16N2O4. The Morgan fingerprint density at radius 1 is 1.50 bits per heavy atom. The number of nitrogens with one attached hydrogen (secondary N) is 1. The standard InChI is InChI=1S/C8H16N2O4/c1-5(2-3-11)10-8(14)6(9)4-7(12)13/h5-6,11H,2-4,9H2,1H3,(H,10,14)(H,12,13). The zero-order chi connectivity index (χ0) is 11.1. The van der Waals surface area contributed by atoms with Crippen LogP contribution in [-0.4, -0.2) is 40.8 Å². The van der Waals surface area contributed by atoms with Crippen molar-refractivity contribution in [1.29, 1.82) is 0 Å². The number of rotatable bonds is 6. The first kappa shape index (κ1) is 12.9. The van der Waals surface area contributed by atoms with Gasteiger partial charge in [0.25, 0.3) is 0 Å². The highest BCUT2D eigenvalue weighted by Crippen LogP contribution is 1.93. The predicted octanol–water partition coefficient (Wildman–Crippen LogP) is -1.32. The van der Waals surface area contributed by atoms with Gasteiger partial charge in [0.15, 0.2) is 0 Å². The van der Waals surface area contributed by atoms with Crippen molar-refractivity contribution in [2.45, 2.75) is 31.8 Å². The van der Waals surface area contributed by atoms with Crippen molar-refractivity contribution in [3.05, 3.63) is 0 Å². The summed E-state index contributed by atoms with van der Waals surface area (Å²) >= 11 is 0. The van der Waals surface area contributed by atoms with Crippen molar-refractivity contribution in [1.82, 2.24) is 5.32 Å². The minimum Gasteiger partial charge on any atom is -0.481 e. The highest BCUT2D eigenvalue weighted by atomic mass is 16.4. The number of carbonyl (C=O) groups excluding carboxylic acids is 1. The molecule has 2 unspecified atom stereocenters. The minimum atomic E-state index is -1.11. The van der Waals surface area contributed by atoms with Crippen LogP contribution in [0.5, 0.6) is 0 Å². The molecule has 0 spiro atoms. The maximum absolute atomic E-state index is 11.2. The van der Waals surface area contributed by atoms with Crippen molar-refractivity contribution in [3.8, 4) is 0 Å². The van der Waals surface area contributed by atoms with E-state index in [4.69, 9.17) is 15.9 Å². The summed E-state index contributed by atoms with van der Waals surface area (Å²) < 4.78 is 0. The van der Waals surface area contributed by atoms with Gasteiger partial charge in [-0.05, 0) is 13.3 Å². The van der Waals surface area contributed by atoms with Crippen LogP contribution in [0.3, 0.4) is 0 Å². The SMILES string of the molecule is CC(CCO)NC(=O)C(N)CC(=O)O. The number of aliphatic hydroxyl groups is 1. The maximum Gasteiger partial charge on any atom is 0.305 e. The third kappa shape index (κ3) is 5.50. The number of nitrogens with two attached hydrogens (primary N) is 1. The topological polar surface area (TPSA) is 113 Å². The van der Waals surface area contributed by atoms with Crippen LogP contribution in [0.15, 0.2) is 0 Å². The normalized spacial score (nSPS) is 14.5. The Morgan fingerprint density at radius 2 is 2.07 bits per heavy atom. The molecule has 82 valence electrons. The molecule has 0 radical (unpaired) electrons. The average Bonchev–Trinajstić information content (AvgIpc) is 2.02. The van der Waals surface area contributed by atoms with Gasteiger partial charge in [0, 0.05) is 12.6 Å². The summed E-state index contributed by atoms with van der Waals surface area (Å²) in [4.78, 5) is 21.4. The van der Waals surface area contributed by atoms with Gasteiger partial charge < -0.3 is 21.3 Å². The van der Waals surface area contributed by atoms with Crippen LogP contribution in [0.1, 0.15) is 19.8 Å². The minimum absolute atomic E-state index is 0.0321. The van der Waals surface area contributed by atoms with E-state index < -0.39 is 24.3 Å². The zero-order valence-electron chi connectivity index (χ0n) is 8.06. The molecule has 0 saturated heterocycles. The molecule has 2 atom stereocenters. The molecule has 0 heterocycles. The summed E-state index contributed by atoms with van der Waals surface area (Å²) in [5.41, 5.74) is 5.31. The van der Waals surface area contributed by atoms with Gasteiger partial charge in [0.2, 0.25) is 5.91 Å². The van der Waals surface area contributed by atoms with E-state index in [1.54, 1.807) is 6.92 Å². The van der Waals surface area contributed by atoms with Crippen molar-refractivity contribution >= 4 is 11.9 Å². The number of amides is 1. The van der Waals surface area contributed by atoms with Crippen molar-refractivity contribution in [2.75, 3.05) is 6.61 Å². The number of aliphatic carboxylic acids is 1. The van der Waals surface area contributed by atoms with E-state index in [1.807, 2.05) is 0 Å². The summed E-state index contributed by atoms with van der Waals surface area (Å²) in [6.45, 7) is 1.68. The summed E-state index contributed by atoms with van der Waals surface area (Å²) in [7, 11) is 0. The van der Waals surface area contributed by atoms with Crippen LogP contribution in [0, 0.1) is 0 Å².